The molecule has 14 heavy (non-hydrogen) atoms. The molecule has 0 amide bonds. The largest absolute Gasteiger partial charge is 0.298 e. The molecule has 1 aromatic rings. The van der Waals surface area contributed by atoms with Gasteiger partial charge in [-0.15, -0.1) is 0 Å². The summed E-state index contributed by atoms with van der Waals surface area (Å²) in [5, 5.41) is 0.0116. The van der Waals surface area contributed by atoms with Crippen LogP contribution in [0.1, 0.15) is 27.9 Å². The minimum atomic E-state index is -2.73. The monoisotopic (exact) mass is 283 g/mol. The second kappa shape index (κ2) is 4.79. The average Bonchev–Trinajstić information content (AvgIpc) is 2.17. The van der Waals surface area contributed by atoms with Gasteiger partial charge in [0.2, 0.25) is 0 Å². The predicted octanol–water partition coefficient (Wildman–Crippen LogP) is 3.38. The molecule has 0 fully saturated rings. The molecule has 1 rings (SSSR count). The summed E-state index contributed by atoms with van der Waals surface area (Å²) < 4.78 is 25.2. The van der Waals surface area contributed by atoms with Crippen molar-refractivity contribution < 1.29 is 13.6 Å². The van der Waals surface area contributed by atoms with E-state index < -0.39 is 6.43 Å². The van der Waals surface area contributed by atoms with Gasteiger partial charge in [-0.2, -0.15) is 0 Å². The molecule has 1 aromatic heterocycles. The summed E-state index contributed by atoms with van der Waals surface area (Å²) in [5.74, 6) is 0. The first kappa shape index (κ1) is 11.5. The number of alkyl halides is 3. The van der Waals surface area contributed by atoms with Crippen molar-refractivity contribution in [1.82, 2.24) is 4.98 Å². The van der Waals surface area contributed by atoms with Crippen LogP contribution in [-0.4, -0.2) is 11.3 Å². The second-order valence-electron chi connectivity index (χ2n) is 2.45. The number of halogens is 4. The average molecular weight is 284 g/mol. The van der Waals surface area contributed by atoms with Gasteiger partial charge in [-0.25, -0.2) is 13.8 Å². The Hall–Kier alpha value is -0.550. The van der Waals surface area contributed by atoms with E-state index in [1.165, 1.54) is 6.20 Å². The molecule has 0 aliphatic heterocycles. The Morgan fingerprint density at radius 1 is 1.64 bits per heavy atom. The van der Waals surface area contributed by atoms with Crippen LogP contribution in [0.4, 0.5) is 8.78 Å². The second-order valence-corrected chi connectivity index (χ2v) is 3.37. The van der Waals surface area contributed by atoms with Crippen LogP contribution in [0.2, 0.25) is 5.15 Å². The number of hydrogen-bond donors (Lipinski definition) is 0. The highest BCUT2D eigenvalue weighted by atomic mass is 79.9. The van der Waals surface area contributed by atoms with Crippen LogP contribution in [0, 0.1) is 0 Å². The molecule has 0 N–H and O–H groups in total. The third-order valence-electron chi connectivity index (χ3n) is 1.67. The number of aldehydes is 1. The number of carbonyl (C=O) groups is 1. The first-order valence-electron chi connectivity index (χ1n) is 3.58. The zero-order chi connectivity index (χ0) is 10.7. The fourth-order valence-electron chi connectivity index (χ4n) is 1.03. The Labute approximate surface area is 92.4 Å². The maximum absolute atomic E-state index is 12.6. The maximum Gasteiger partial charge on any atom is 0.265 e. The SMILES string of the molecule is O=Cc1c(Cl)ncc(CBr)c1C(F)F. The van der Waals surface area contributed by atoms with E-state index in [0.717, 1.165) is 0 Å². The summed E-state index contributed by atoms with van der Waals surface area (Å²) in [7, 11) is 0. The zero-order valence-electron chi connectivity index (χ0n) is 6.81. The molecule has 76 valence electrons. The maximum atomic E-state index is 12.6. The highest BCUT2D eigenvalue weighted by molar-refractivity contribution is 9.08. The van der Waals surface area contributed by atoms with E-state index in [2.05, 4.69) is 20.9 Å². The molecule has 0 radical (unpaired) electrons. The quantitative estimate of drug-likeness (QED) is 0.484. The van der Waals surface area contributed by atoms with Crippen molar-refractivity contribution in [3.05, 3.63) is 28.0 Å². The van der Waals surface area contributed by atoms with Crippen molar-refractivity contribution in [3.8, 4) is 0 Å². The van der Waals surface area contributed by atoms with Gasteiger partial charge in [0.25, 0.3) is 6.43 Å². The molecule has 0 aliphatic rings. The van der Waals surface area contributed by atoms with Crippen LogP contribution in [0.15, 0.2) is 6.20 Å². The number of nitrogens with zero attached hydrogens (tertiary/aromatic N) is 1. The summed E-state index contributed by atoms with van der Waals surface area (Å²) in [6, 6.07) is 0. The van der Waals surface area contributed by atoms with E-state index in [1.54, 1.807) is 0 Å². The molecule has 0 aliphatic carbocycles. The number of hydrogen-bond acceptors (Lipinski definition) is 2. The van der Waals surface area contributed by atoms with E-state index in [1.807, 2.05) is 0 Å². The molecule has 0 unspecified atom stereocenters. The minimum absolute atomic E-state index is 0.194. The van der Waals surface area contributed by atoms with E-state index in [0.29, 0.717) is 6.29 Å². The van der Waals surface area contributed by atoms with Gasteiger partial charge in [0.15, 0.2) is 6.29 Å². The van der Waals surface area contributed by atoms with Gasteiger partial charge in [-0.1, -0.05) is 27.5 Å². The Bertz CT molecular complexity index is 359. The molecule has 0 aromatic carbocycles. The molecule has 2 nitrogen and oxygen atoms in total. The first-order chi connectivity index (χ1) is 6.61. The van der Waals surface area contributed by atoms with E-state index in [4.69, 9.17) is 11.6 Å². The minimum Gasteiger partial charge on any atom is -0.298 e. The molecule has 0 spiro atoms. The van der Waals surface area contributed by atoms with E-state index in [-0.39, 0.29) is 27.2 Å². The highest BCUT2D eigenvalue weighted by Crippen LogP contribution is 2.30. The lowest BCUT2D eigenvalue weighted by atomic mass is 10.1. The van der Waals surface area contributed by atoms with E-state index in [9.17, 15) is 13.6 Å². The molecule has 0 bridgehead atoms. The summed E-state index contributed by atoms with van der Waals surface area (Å²) in [6.45, 7) is 0. The number of carbonyl (C=O) groups excluding carboxylic acids is 1. The van der Waals surface area contributed by atoms with Crippen molar-refractivity contribution in [2.45, 2.75) is 11.8 Å². The van der Waals surface area contributed by atoms with Crippen LogP contribution in [0.3, 0.4) is 0 Å². The van der Waals surface area contributed by atoms with Gasteiger partial charge in [-0.3, -0.25) is 4.79 Å². The van der Waals surface area contributed by atoms with E-state index >= 15 is 0 Å². The molecular formula is C8H5BrClF2NO. The molecule has 0 saturated carbocycles. The van der Waals surface area contributed by atoms with Gasteiger partial charge in [0.05, 0.1) is 5.56 Å². The van der Waals surface area contributed by atoms with Crippen molar-refractivity contribution in [2.75, 3.05) is 0 Å². The Balaban J connectivity index is 3.43. The molecule has 1 heterocycles. The molecule has 0 saturated heterocycles. The lowest BCUT2D eigenvalue weighted by molar-refractivity contribution is 0.110. The Kier molecular flexibility index (Phi) is 3.95. The van der Waals surface area contributed by atoms with Crippen LogP contribution in [-0.2, 0) is 5.33 Å². The fraction of sp³-hybridized carbons (Fsp3) is 0.250. The third-order valence-corrected chi connectivity index (χ3v) is 2.58. The Morgan fingerprint density at radius 3 is 2.71 bits per heavy atom. The third kappa shape index (κ3) is 2.09. The van der Waals surface area contributed by atoms with Crippen LogP contribution in [0.5, 0.6) is 0 Å². The summed E-state index contributed by atoms with van der Waals surface area (Å²) in [4.78, 5) is 14.2. The zero-order valence-corrected chi connectivity index (χ0v) is 9.15. The van der Waals surface area contributed by atoms with Crippen LogP contribution in [0.25, 0.3) is 0 Å². The normalized spacial score (nSPS) is 10.6. The molecular weight excluding hydrogens is 279 g/mol. The lowest BCUT2D eigenvalue weighted by Crippen LogP contribution is -2.01. The smallest absolute Gasteiger partial charge is 0.265 e. The summed E-state index contributed by atoms with van der Waals surface area (Å²) >= 11 is 8.54. The van der Waals surface area contributed by atoms with Gasteiger partial charge >= 0.3 is 0 Å². The van der Waals surface area contributed by atoms with Crippen molar-refractivity contribution >= 4 is 33.8 Å². The summed E-state index contributed by atoms with van der Waals surface area (Å²) in [5.41, 5.74) is -0.318. The van der Waals surface area contributed by atoms with Gasteiger partial charge in [-0.05, 0) is 5.56 Å². The highest BCUT2D eigenvalue weighted by Gasteiger charge is 2.20. The molecule has 0 atom stereocenters. The topological polar surface area (TPSA) is 30.0 Å². The Morgan fingerprint density at radius 2 is 2.29 bits per heavy atom. The predicted molar refractivity (Wildman–Crippen MR) is 52.2 cm³/mol. The van der Waals surface area contributed by atoms with Crippen molar-refractivity contribution in [2.24, 2.45) is 0 Å². The van der Waals surface area contributed by atoms with Crippen molar-refractivity contribution in [3.63, 3.8) is 0 Å². The van der Waals surface area contributed by atoms with Crippen molar-refractivity contribution in [1.29, 1.82) is 0 Å². The number of aromatic nitrogens is 1. The summed E-state index contributed by atoms with van der Waals surface area (Å²) in [6.07, 6.45) is -1.21. The lowest BCUT2D eigenvalue weighted by Gasteiger charge is -2.09. The van der Waals surface area contributed by atoms with Gasteiger partial charge in [0.1, 0.15) is 5.15 Å². The number of rotatable bonds is 3. The standard InChI is InChI=1S/C8H5BrClF2NO/c9-1-4-2-13-7(10)5(3-14)6(4)8(11)12/h2-3,8H,1H2. The van der Waals surface area contributed by atoms with Crippen LogP contribution >= 0.6 is 27.5 Å². The molecule has 6 heteroatoms. The fourth-order valence-corrected chi connectivity index (χ4v) is 1.68. The number of pyridine rings is 1. The first-order valence-corrected chi connectivity index (χ1v) is 5.08. The van der Waals surface area contributed by atoms with Gasteiger partial charge < -0.3 is 0 Å². The van der Waals surface area contributed by atoms with Gasteiger partial charge in [0, 0.05) is 17.1 Å². The van der Waals surface area contributed by atoms with Crippen LogP contribution < -0.4 is 0 Å².